The largest absolute Gasteiger partial charge is 0.345 e. The first-order chi connectivity index (χ1) is 13.8. The predicted octanol–water partition coefficient (Wildman–Crippen LogP) is 3.96. The van der Waals surface area contributed by atoms with Crippen molar-refractivity contribution in [2.45, 2.75) is 6.04 Å². The van der Waals surface area contributed by atoms with E-state index in [0.29, 0.717) is 5.69 Å². The number of para-hydroxylation sites is 1. The first-order valence-corrected chi connectivity index (χ1v) is 9.01. The van der Waals surface area contributed by atoms with Gasteiger partial charge in [-0.2, -0.15) is 5.10 Å². The van der Waals surface area contributed by atoms with Gasteiger partial charge in [-0.3, -0.25) is 9.89 Å². The van der Waals surface area contributed by atoms with E-state index in [9.17, 15) is 4.79 Å². The number of nitrogens with zero attached hydrogens (tertiary/aromatic N) is 2. The Balaban J connectivity index is 1.55. The van der Waals surface area contributed by atoms with Crippen molar-refractivity contribution >= 4 is 27.8 Å². The highest BCUT2D eigenvalue weighted by Gasteiger charge is 2.21. The molecule has 28 heavy (non-hydrogen) atoms. The Morgan fingerprint density at radius 1 is 0.893 bits per heavy atom. The number of carbonyl (C=O) groups excluding carboxylic acids is 1. The van der Waals surface area contributed by atoms with E-state index >= 15 is 0 Å². The monoisotopic (exact) mass is 367 g/mol. The van der Waals surface area contributed by atoms with Gasteiger partial charge in [-0.05, 0) is 29.3 Å². The maximum atomic E-state index is 13.1. The lowest BCUT2D eigenvalue weighted by Crippen LogP contribution is -2.29. The van der Waals surface area contributed by atoms with E-state index < -0.39 is 0 Å². The van der Waals surface area contributed by atoms with Crippen molar-refractivity contribution in [2.75, 3.05) is 0 Å². The fraction of sp³-hybridized carbons (Fsp3) is 0.0455. The molecule has 0 fully saturated rings. The van der Waals surface area contributed by atoms with Gasteiger partial charge in [0, 0.05) is 5.39 Å². The molecule has 3 N–H and O–H groups in total. The van der Waals surface area contributed by atoms with E-state index in [2.05, 4.69) is 25.5 Å². The van der Waals surface area contributed by atoms with Crippen LogP contribution in [-0.2, 0) is 0 Å². The summed E-state index contributed by atoms with van der Waals surface area (Å²) >= 11 is 0. The van der Waals surface area contributed by atoms with Crippen molar-refractivity contribution in [1.82, 2.24) is 25.5 Å². The lowest BCUT2D eigenvalue weighted by molar-refractivity contribution is 0.0939. The fourth-order valence-electron chi connectivity index (χ4n) is 3.47. The van der Waals surface area contributed by atoms with Crippen LogP contribution < -0.4 is 5.32 Å². The highest BCUT2D eigenvalue weighted by molar-refractivity contribution is 6.04. The average molecular weight is 367 g/mol. The van der Waals surface area contributed by atoms with Crippen LogP contribution in [0.15, 0.2) is 79.1 Å². The van der Waals surface area contributed by atoms with Crippen molar-refractivity contribution in [3.05, 3.63) is 95.9 Å². The predicted molar refractivity (Wildman–Crippen MR) is 108 cm³/mol. The second-order valence-corrected chi connectivity index (χ2v) is 6.61. The molecule has 5 aromatic rings. The van der Waals surface area contributed by atoms with Crippen molar-refractivity contribution in [1.29, 1.82) is 0 Å². The molecule has 0 radical (unpaired) electrons. The molecule has 1 amide bonds. The standard InChI is InChI=1S/C22H17N5O/c28-22(21-16-8-4-5-9-17(16)26-27-21)25-20(14-6-2-1-3-7-14)15-10-11-18-19(12-15)24-13-23-18/h1-13,20H,(H,23,24)(H,25,28)(H,26,27)/t20-/m0/s1. The van der Waals surface area contributed by atoms with Crippen LogP contribution in [0.2, 0.25) is 0 Å². The lowest BCUT2D eigenvalue weighted by Gasteiger charge is -2.19. The molecule has 2 heterocycles. The van der Waals surface area contributed by atoms with E-state index in [1.165, 1.54) is 0 Å². The zero-order valence-electron chi connectivity index (χ0n) is 14.9. The summed E-state index contributed by atoms with van der Waals surface area (Å²) in [6, 6.07) is 23.2. The molecular formula is C22H17N5O. The number of aromatic nitrogens is 4. The Morgan fingerprint density at radius 2 is 1.71 bits per heavy atom. The molecule has 6 nitrogen and oxygen atoms in total. The SMILES string of the molecule is O=C(N[C@@H](c1ccccc1)c1ccc2nc[nH]c2c1)c1n[nH]c2ccccc12. The number of hydrogen-bond donors (Lipinski definition) is 3. The highest BCUT2D eigenvalue weighted by Crippen LogP contribution is 2.25. The summed E-state index contributed by atoms with van der Waals surface area (Å²) in [5.74, 6) is -0.226. The molecule has 136 valence electrons. The van der Waals surface area contributed by atoms with Gasteiger partial charge >= 0.3 is 0 Å². The van der Waals surface area contributed by atoms with Gasteiger partial charge in [-0.1, -0.05) is 54.6 Å². The van der Waals surface area contributed by atoms with Gasteiger partial charge in [0.05, 0.1) is 28.9 Å². The molecule has 0 unspecified atom stereocenters. The molecule has 0 bridgehead atoms. The lowest BCUT2D eigenvalue weighted by atomic mass is 9.98. The molecule has 0 spiro atoms. The third-order valence-electron chi connectivity index (χ3n) is 4.87. The Bertz CT molecular complexity index is 1270. The zero-order valence-corrected chi connectivity index (χ0v) is 14.9. The Hall–Kier alpha value is -3.93. The maximum Gasteiger partial charge on any atom is 0.273 e. The highest BCUT2D eigenvalue weighted by atomic mass is 16.2. The first-order valence-electron chi connectivity index (χ1n) is 9.01. The molecule has 0 aliphatic heterocycles. The molecule has 2 aromatic heterocycles. The van der Waals surface area contributed by atoms with Gasteiger partial charge in [0.15, 0.2) is 5.69 Å². The second-order valence-electron chi connectivity index (χ2n) is 6.61. The summed E-state index contributed by atoms with van der Waals surface area (Å²) in [7, 11) is 0. The number of H-pyrrole nitrogens is 2. The summed E-state index contributed by atoms with van der Waals surface area (Å²) in [6.45, 7) is 0. The van der Waals surface area contributed by atoms with Crippen LogP contribution in [-0.4, -0.2) is 26.1 Å². The van der Waals surface area contributed by atoms with Crippen molar-refractivity contribution < 1.29 is 4.79 Å². The van der Waals surface area contributed by atoms with Crippen LogP contribution in [0.3, 0.4) is 0 Å². The Morgan fingerprint density at radius 3 is 2.61 bits per heavy atom. The molecule has 0 saturated carbocycles. The fourth-order valence-corrected chi connectivity index (χ4v) is 3.47. The normalized spacial score (nSPS) is 12.3. The number of imidazole rings is 1. The van der Waals surface area contributed by atoms with Crippen LogP contribution in [0, 0.1) is 0 Å². The smallest absolute Gasteiger partial charge is 0.273 e. The molecule has 0 aliphatic carbocycles. The maximum absolute atomic E-state index is 13.1. The second kappa shape index (κ2) is 6.66. The third-order valence-corrected chi connectivity index (χ3v) is 4.87. The van der Waals surface area contributed by atoms with Crippen LogP contribution in [0.25, 0.3) is 21.9 Å². The Kier molecular flexibility index (Phi) is 3.87. The molecule has 0 saturated heterocycles. The van der Waals surface area contributed by atoms with Gasteiger partial charge in [-0.15, -0.1) is 0 Å². The minimum Gasteiger partial charge on any atom is -0.345 e. The molecule has 6 heteroatoms. The number of nitrogens with one attached hydrogen (secondary N) is 3. The zero-order chi connectivity index (χ0) is 18.9. The average Bonchev–Trinajstić information content (AvgIpc) is 3.39. The number of carbonyl (C=O) groups is 1. The van der Waals surface area contributed by atoms with Gasteiger partial charge in [0.2, 0.25) is 0 Å². The van der Waals surface area contributed by atoms with Crippen LogP contribution in [0.4, 0.5) is 0 Å². The minimum atomic E-state index is -0.308. The summed E-state index contributed by atoms with van der Waals surface area (Å²) in [6.07, 6.45) is 1.67. The number of rotatable bonds is 4. The minimum absolute atomic E-state index is 0.226. The summed E-state index contributed by atoms with van der Waals surface area (Å²) in [5, 5.41) is 11.1. The number of hydrogen-bond acceptors (Lipinski definition) is 3. The van der Waals surface area contributed by atoms with Crippen molar-refractivity contribution in [3.63, 3.8) is 0 Å². The molecule has 5 rings (SSSR count). The number of amides is 1. The van der Waals surface area contributed by atoms with E-state index in [4.69, 9.17) is 0 Å². The van der Waals surface area contributed by atoms with Crippen LogP contribution >= 0.6 is 0 Å². The Labute approximate surface area is 160 Å². The van der Waals surface area contributed by atoms with E-state index in [1.54, 1.807) is 6.33 Å². The van der Waals surface area contributed by atoms with Gasteiger partial charge in [0.25, 0.3) is 5.91 Å². The number of fused-ring (bicyclic) bond motifs is 2. The summed E-state index contributed by atoms with van der Waals surface area (Å²) < 4.78 is 0. The van der Waals surface area contributed by atoms with E-state index in [-0.39, 0.29) is 11.9 Å². The van der Waals surface area contributed by atoms with E-state index in [0.717, 1.165) is 33.1 Å². The summed E-state index contributed by atoms with van der Waals surface area (Å²) in [5.41, 5.74) is 5.01. The molecular weight excluding hydrogens is 350 g/mol. The molecule has 3 aromatic carbocycles. The molecule has 0 aliphatic rings. The van der Waals surface area contributed by atoms with E-state index in [1.807, 2.05) is 72.8 Å². The summed E-state index contributed by atoms with van der Waals surface area (Å²) in [4.78, 5) is 20.5. The quantitative estimate of drug-likeness (QED) is 0.449. The third kappa shape index (κ3) is 2.81. The van der Waals surface area contributed by atoms with Gasteiger partial charge < -0.3 is 10.3 Å². The van der Waals surface area contributed by atoms with Crippen LogP contribution in [0.5, 0.6) is 0 Å². The van der Waals surface area contributed by atoms with Gasteiger partial charge in [-0.25, -0.2) is 4.98 Å². The van der Waals surface area contributed by atoms with Crippen LogP contribution in [0.1, 0.15) is 27.7 Å². The number of aromatic amines is 2. The first kappa shape index (κ1) is 16.3. The topological polar surface area (TPSA) is 86.5 Å². The van der Waals surface area contributed by atoms with Gasteiger partial charge in [0.1, 0.15) is 0 Å². The van der Waals surface area contributed by atoms with Crippen molar-refractivity contribution in [2.24, 2.45) is 0 Å². The molecule has 1 atom stereocenters. The number of benzene rings is 3. The van der Waals surface area contributed by atoms with Crippen molar-refractivity contribution in [3.8, 4) is 0 Å².